The van der Waals surface area contributed by atoms with E-state index in [0.717, 1.165) is 11.3 Å². The molecular weight excluding hydrogens is 334 g/mol. The lowest BCUT2D eigenvalue weighted by molar-refractivity contribution is 0.0950. The number of hydrogen-bond donors (Lipinski definition) is 2. The topological polar surface area (TPSA) is 54.0 Å². The third-order valence-corrected chi connectivity index (χ3v) is 4.84. The highest BCUT2D eigenvalue weighted by atomic mass is 35.5. The molecule has 0 saturated heterocycles. The van der Waals surface area contributed by atoms with Crippen molar-refractivity contribution in [2.24, 2.45) is 0 Å². The maximum absolute atomic E-state index is 12.4. The van der Waals surface area contributed by atoms with Gasteiger partial charge in [0.25, 0.3) is 5.91 Å². The fourth-order valence-corrected chi connectivity index (χ4v) is 3.32. The van der Waals surface area contributed by atoms with Gasteiger partial charge in [-0.25, -0.2) is 0 Å². The Balaban J connectivity index is 1.58. The number of anilines is 1. The first-order chi connectivity index (χ1) is 12.2. The first-order valence-electron chi connectivity index (χ1n) is 8.95. The van der Waals surface area contributed by atoms with Gasteiger partial charge in [-0.15, -0.1) is 0 Å². The van der Waals surface area contributed by atoms with Crippen LogP contribution in [0.3, 0.4) is 0 Å². The van der Waals surface area contributed by atoms with E-state index < -0.39 is 0 Å². The third-order valence-electron chi connectivity index (χ3n) is 4.59. The quantitative estimate of drug-likeness (QED) is 0.756. The largest absolute Gasteiger partial charge is 0.381 e. The van der Waals surface area contributed by atoms with Crippen molar-refractivity contribution < 1.29 is 4.79 Å². The molecule has 1 saturated carbocycles. The summed E-state index contributed by atoms with van der Waals surface area (Å²) in [4.78, 5) is 16.6. The minimum atomic E-state index is -0.119. The van der Waals surface area contributed by atoms with Gasteiger partial charge in [0.05, 0.1) is 11.3 Å². The molecule has 0 unspecified atom stereocenters. The predicted molar refractivity (Wildman–Crippen MR) is 102 cm³/mol. The second kappa shape index (κ2) is 8.86. The minimum Gasteiger partial charge on any atom is -0.381 e. The van der Waals surface area contributed by atoms with Gasteiger partial charge in [0.15, 0.2) is 0 Å². The molecule has 0 radical (unpaired) electrons. The van der Waals surface area contributed by atoms with E-state index in [9.17, 15) is 4.79 Å². The highest BCUT2D eigenvalue weighted by Gasteiger charge is 2.13. The van der Waals surface area contributed by atoms with E-state index >= 15 is 0 Å². The lowest BCUT2D eigenvalue weighted by atomic mass is 10.1. The van der Waals surface area contributed by atoms with Crippen molar-refractivity contribution in [3.8, 4) is 0 Å². The van der Waals surface area contributed by atoms with Gasteiger partial charge in [-0.3, -0.25) is 9.78 Å². The Morgan fingerprint density at radius 3 is 2.52 bits per heavy atom. The van der Waals surface area contributed by atoms with Crippen molar-refractivity contribution in [3.05, 3.63) is 58.9 Å². The first-order valence-corrected chi connectivity index (χ1v) is 9.33. The van der Waals surface area contributed by atoms with Crippen LogP contribution < -0.4 is 10.6 Å². The maximum atomic E-state index is 12.4. The third kappa shape index (κ3) is 5.46. The molecule has 2 N–H and O–H groups in total. The number of pyridine rings is 1. The van der Waals surface area contributed by atoms with E-state index in [1.807, 2.05) is 30.3 Å². The number of benzene rings is 1. The summed E-state index contributed by atoms with van der Waals surface area (Å²) in [5, 5.41) is 7.16. The molecular formula is C20H24ClN3O. The molecule has 0 bridgehead atoms. The lowest BCUT2D eigenvalue weighted by Gasteiger charge is -2.17. The number of hydrogen-bond acceptors (Lipinski definition) is 3. The van der Waals surface area contributed by atoms with Crippen LogP contribution in [0.5, 0.6) is 0 Å². The van der Waals surface area contributed by atoms with Crippen LogP contribution in [0, 0.1) is 0 Å². The number of rotatable bonds is 5. The molecule has 1 aliphatic carbocycles. The number of halogens is 1. The molecule has 0 aliphatic heterocycles. The van der Waals surface area contributed by atoms with E-state index in [4.69, 9.17) is 11.6 Å². The van der Waals surface area contributed by atoms with Crippen LogP contribution in [0.25, 0.3) is 0 Å². The molecule has 5 heteroatoms. The Kier molecular flexibility index (Phi) is 6.29. The fraction of sp³-hybridized carbons (Fsp3) is 0.400. The number of amides is 1. The molecule has 1 fully saturated rings. The van der Waals surface area contributed by atoms with Gasteiger partial charge in [0, 0.05) is 30.0 Å². The van der Waals surface area contributed by atoms with E-state index in [2.05, 4.69) is 15.6 Å². The van der Waals surface area contributed by atoms with Crippen molar-refractivity contribution in [2.45, 2.75) is 51.1 Å². The number of nitrogens with zero attached hydrogens (tertiary/aromatic N) is 1. The van der Waals surface area contributed by atoms with Crippen LogP contribution in [0.2, 0.25) is 5.02 Å². The normalized spacial score (nSPS) is 15.4. The lowest BCUT2D eigenvalue weighted by Crippen LogP contribution is -2.23. The first kappa shape index (κ1) is 17.7. The number of carbonyl (C=O) groups is 1. The summed E-state index contributed by atoms with van der Waals surface area (Å²) in [6.07, 6.45) is 11.0. The molecule has 2 aromatic rings. The summed E-state index contributed by atoms with van der Waals surface area (Å²) >= 11 is 5.88. The summed E-state index contributed by atoms with van der Waals surface area (Å²) in [6.45, 7) is 0.469. The molecule has 4 nitrogen and oxygen atoms in total. The highest BCUT2D eigenvalue weighted by Crippen LogP contribution is 2.21. The average Bonchev–Trinajstić information content (AvgIpc) is 2.90. The summed E-state index contributed by atoms with van der Waals surface area (Å²) < 4.78 is 0. The minimum absolute atomic E-state index is 0.119. The predicted octanol–water partition coefficient (Wildman–Crippen LogP) is 4.80. The van der Waals surface area contributed by atoms with E-state index in [1.54, 1.807) is 12.4 Å². The molecule has 132 valence electrons. The smallest absolute Gasteiger partial charge is 0.253 e. The van der Waals surface area contributed by atoms with Crippen LogP contribution >= 0.6 is 11.6 Å². The molecule has 0 spiro atoms. The second-order valence-electron chi connectivity index (χ2n) is 6.60. The average molecular weight is 358 g/mol. The number of aromatic nitrogens is 1. The molecule has 1 heterocycles. The van der Waals surface area contributed by atoms with Crippen molar-refractivity contribution in [2.75, 3.05) is 5.32 Å². The highest BCUT2D eigenvalue weighted by molar-refractivity contribution is 6.30. The zero-order valence-corrected chi connectivity index (χ0v) is 15.1. The number of carbonyl (C=O) groups excluding carboxylic acids is 1. The zero-order chi connectivity index (χ0) is 17.5. The van der Waals surface area contributed by atoms with Gasteiger partial charge in [-0.2, -0.15) is 0 Å². The van der Waals surface area contributed by atoms with Gasteiger partial charge in [-0.05, 0) is 36.6 Å². The summed E-state index contributed by atoms with van der Waals surface area (Å²) in [5.74, 6) is -0.119. The molecule has 25 heavy (non-hydrogen) atoms. The van der Waals surface area contributed by atoms with Gasteiger partial charge in [0.2, 0.25) is 0 Å². The van der Waals surface area contributed by atoms with Crippen molar-refractivity contribution in [1.82, 2.24) is 10.3 Å². The van der Waals surface area contributed by atoms with Gasteiger partial charge >= 0.3 is 0 Å². The van der Waals surface area contributed by atoms with Crippen LogP contribution in [0.4, 0.5) is 5.69 Å². The summed E-state index contributed by atoms with van der Waals surface area (Å²) in [6, 6.07) is 9.82. The van der Waals surface area contributed by atoms with Crippen LogP contribution in [0.1, 0.15) is 54.4 Å². The van der Waals surface area contributed by atoms with Crippen molar-refractivity contribution >= 4 is 23.2 Å². The van der Waals surface area contributed by atoms with E-state index in [0.29, 0.717) is 23.2 Å². The monoisotopic (exact) mass is 357 g/mol. The molecule has 1 aromatic heterocycles. The van der Waals surface area contributed by atoms with Gasteiger partial charge < -0.3 is 10.6 Å². The Hall–Kier alpha value is -2.07. The molecule has 0 atom stereocenters. The fourth-order valence-electron chi connectivity index (χ4n) is 3.19. The van der Waals surface area contributed by atoms with E-state index in [-0.39, 0.29) is 5.91 Å². The Bertz CT molecular complexity index is 694. The van der Waals surface area contributed by atoms with Crippen LogP contribution in [0.15, 0.2) is 42.7 Å². The zero-order valence-electron chi connectivity index (χ0n) is 14.3. The van der Waals surface area contributed by atoms with Crippen molar-refractivity contribution in [3.63, 3.8) is 0 Å². The maximum Gasteiger partial charge on any atom is 0.253 e. The molecule has 3 rings (SSSR count). The Morgan fingerprint density at radius 2 is 1.80 bits per heavy atom. The standard InChI is InChI=1S/C20H24ClN3O/c21-17-9-7-15(8-10-17)12-23-20(25)16-11-19(14-22-13-16)24-18-5-3-1-2-4-6-18/h7-11,13-14,18,24H,1-6,12H2,(H,23,25). The molecule has 1 aliphatic rings. The SMILES string of the molecule is O=C(NCc1ccc(Cl)cc1)c1cncc(NC2CCCCCC2)c1. The number of nitrogens with one attached hydrogen (secondary N) is 2. The molecule has 1 amide bonds. The Morgan fingerprint density at radius 1 is 1.08 bits per heavy atom. The summed E-state index contributed by atoms with van der Waals surface area (Å²) in [7, 11) is 0. The van der Waals surface area contributed by atoms with Crippen LogP contribution in [-0.4, -0.2) is 16.9 Å². The molecule has 1 aromatic carbocycles. The Labute approximate surface area is 154 Å². The summed E-state index contributed by atoms with van der Waals surface area (Å²) in [5.41, 5.74) is 2.51. The van der Waals surface area contributed by atoms with E-state index in [1.165, 1.54) is 38.5 Å². The van der Waals surface area contributed by atoms with Gasteiger partial charge in [0.1, 0.15) is 0 Å². The van der Waals surface area contributed by atoms with Crippen molar-refractivity contribution in [1.29, 1.82) is 0 Å². The van der Waals surface area contributed by atoms with Crippen LogP contribution in [-0.2, 0) is 6.54 Å². The van der Waals surface area contributed by atoms with Gasteiger partial charge in [-0.1, -0.05) is 49.4 Å². The second-order valence-corrected chi connectivity index (χ2v) is 7.04.